The molecule has 118 valence electrons. The molecule has 0 bridgehead atoms. The van der Waals surface area contributed by atoms with E-state index in [1.54, 1.807) is 19.9 Å². The lowest BCUT2D eigenvalue weighted by molar-refractivity contribution is -0.144. The van der Waals surface area contributed by atoms with E-state index in [4.69, 9.17) is 11.6 Å². The Labute approximate surface area is 137 Å². The number of halogens is 1. The maximum absolute atomic E-state index is 12.3. The molecule has 0 saturated carbocycles. The number of para-hydroxylation sites is 1. The van der Waals surface area contributed by atoms with Gasteiger partial charge in [-0.15, -0.1) is 0 Å². The number of carbonyl (C=O) groups excluding carboxylic acids is 3. The Hall–Kier alpha value is -2.47. The summed E-state index contributed by atoms with van der Waals surface area (Å²) in [5, 5.41) is 1.05. The number of hydrogen-bond acceptors (Lipinski definition) is 4. The summed E-state index contributed by atoms with van der Waals surface area (Å²) < 4.78 is 0. The molecule has 0 radical (unpaired) electrons. The van der Waals surface area contributed by atoms with Crippen LogP contribution in [0, 0.1) is 0 Å². The standard InChI is InChI=1S/C16H14ClN3O3/c1-9(2)20-15(22)14(21)19(16(20)23)8-11-7-10-5-3-4-6-12(10)18-13(11)17/h3-7,9H,8H2,1-2H3. The van der Waals surface area contributed by atoms with Gasteiger partial charge in [0.1, 0.15) is 5.15 Å². The minimum Gasteiger partial charge on any atom is -0.263 e. The van der Waals surface area contributed by atoms with Crippen LogP contribution < -0.4 is 0 Å². The average Bonchev–Trinajstić information content (AvgIpc) is 2.71. The first-order valence-corrected chi connectivity index (χ1v) is 7.51. The van der Waals surface area contributed by atoms with E-state index in [1.165, 1.54) is 0 Å². The van der Waals surface area contributed by atoms with Crippen LogP contribution in [0.15, 0.2) is 30.3 Å². The van der Waals surface area contributed by atoms with E-state index in [1.807, 2.05) is 24.3 Å². The van der Waals surface area contributed by atoms with E-state index in [9.17, 15) is 14.4 Å². The van der Waals surface area contributed by atoms with Crippen molar-refractivity contribution in [1.82, 2.24) is 14.8 Å². The third kappa shape index (κ3) is 2.55. The first kappa shape index (κ1) is 15.4. The van der Waals surface area contributed by atoms with Crippen LogP contribution in [-0.2, 0) is 16.1 Å². The highest BCUT2D eigenvalue weighted by atomic mass is 35.5. The van der Waals surface area contributed by atoms with Gasteiger partial charge in [-0.2, -0.15) is 0 Å². The van der Waals surface area contributed by atoms with Crippen LogP contribution in [0.5, 0.6) is 0 Å². The van der Waals surface area contributed by atoms with E-state index in [0.717, 1.165) is 20.7 Å². The van der Waals surface area contributed by atoms with Gasteiger partial charge in [0, 0.05) is 17.0 Å². The number of hydrogen-bond donors (Lipinski definition) is 0. The Bertz CT molecular complexity index is 834. The van der Waals surface area contributed by atoms with Gasteiger partial charge < -0.3 is 0 Å². The Morgan fingerprint density at radius 1 is 1.13 bits per heavy atom. The van der Waals surface area contributed by atoms with Gasteiger partial charge in [0.2, 0.25) is 0 Å². The SMILES string of the molecule is CC(C)N1C(=O)C(=O)N(Cc2cc3ccccc3nc2Cl)C1=O. The third-order valence-electron chi connectivity index (χ3n) is 3.68. The molecular formula is C16H14ClN3O3. The number of benzene rings is 1. The van der Waals surface area contributed by atoms with Crippen LogP contribution in [0.2, 0.25) is 5.15 Å². The highest BCUT2D eigenvalue weighted by Gasteiger charge is 2.45. The minimum absolute atomic E-state index is 0.0801. The van der Waals surface area contributed by atoms with Crippen molar-refractivity contribution < 1.29 is 14.4 Å². The zero-order valence-electron chi connectivity index (χ0n) is 12.6. The highest BCUT2D eigenvalue weighted by molar-refractivity contribution is 6.44. The predicted molar refractivity (Wildman–Crippen MR) is 84.7 cm³/mol. The second-order valence-electron chi connectivity index (χ2n) is 5.57. The first-order chi connectivity index (χ1) is 10.9. The van der Waals surface area contributed by atoms with Gasteiger partial charge >= 0.3 is 17.8 Å². The fraction of sp³-hybridized carbons (Fsp3) is 0.250. The number of carbonyl (C=O) groups is 3. The van der Waals surface area contributed by atoms with Crippen LogP contribution in [0.4, 0.5) is 4.79 Å². The summed E-state index contributed by atoms with van der Waals surface area (Å²) in [4.78, 5) is 42.4. The molecule has 7 heteroatoms. The maximum Gasteiger partial charge on any atom is 0.334 e. The van der Waals surface area contributed by atoms with Gasteiger partial charge in [-0.25, -0.2) is 9.78 Å². The number of aromatic nitrogens is 1. The summed E-state index contributed by atoms with van der Waals surface area (Å²) in [6, 6.07) is 8.15. The number of urea groups is 1. The Kier molecular flexibility index (Phi) is 3.77. The van der Waals surface area contributed by atoms with Crippen molar-refractivity contribution in [2.75, 3.05) is 0 Å². The van der Waals surface area contributed by atoms with Crippen molar-refractivity contribution in [2.24, 2.45) is 0 Å². The highest BCUT2D eigenvalue weighted by Crippen LogP contribution is 2.24. The second kappa shape index (κ2) is 5.62. The molecule has 1 saturated heterocycles. The molecule has 1 aromatic carbocycles. The number of pyridine rings is 1. The molecule has 1 aromatic heterocycles. The number of amides is 4. The zero-order valence-corrected chi connectivity index (χ0v) is 13.4. The summed E-state index contributed by atoms with van der Waals surface area (Å²) in [6.07, 6.45) is 0. The van der Waals surface area contributed by atoms with Crippen LogP contribution in [0.1, 0.15) is 19.4 Å². The number of nitrogens with zero attached hydrogens (tertiary/aromatic N) is 3. The molecule has 0 N–H and O–H groups in total. The average molecular weight is 332 g/mol. The van der Waals surface area contributed by atoms with Crippen molar-refractivity contribution in [3.05, 3.63) is 41.0 Å². The summed E-state index contributed by atoms with van der Waals surface area (Å²) >= 11 is 6.15. The molecule has 1 fully saturated rings. The number of fused-ring (bicyclic) bond motifs is 1. The molecule has 3 rings (SSSR count). The number of rotatable bonds is 3. The summed E-state index contributed by atoms with van der Waals surface area (Å²) in [6.45, 7) is 3.28. The van der Waals surface area contributed by atoms with E-state index >= 15 is 0 Å². The van der Waals surface area contributed by atoms with Gasteiger partial charge in [-0.05, 0) is 26.0 Å². The lowest BCUT2D eigenvalue weighted by Crippen LogP contribution is -2.37. The molecule has 1 aliphatic heterocycles. The lowest BCUT2D eigenvalue weighted by Gasteiger charge is -2.18. The smallest absolute Gasteiger partial charge is 0.263 e. The van der Waals surface area contributed by atoms with Crippen molar-refractivity contribution in [3.8, 4) is 0 Å². The molecular weight excluding hydrogens is 318 g/mol. The van der Waals surface area contributed by atoms with Gasteiger partial charge in [-0.3, -0.25) is 19.4 Å². The molecule has 0 aliphatic carbocycles. The first-order valence-electron chi connectivity index (χ1n) is 7.13. The third-order valence-corrected chi connectivity index (χ3v) is 4.01. The largest absolute Gasteiger partial charge is 0.334 e. The zero-order chi connectivity index (χ0) is 16.7. The van der Waals surface area contributed by atoms with Crippen molar-refractivity contribution in [2.45, 2.75) is 26.4 Å². The monoisotopic (exact) mass is 331 g/mol. The molecule has 6 nitrogen and oxygen atoms in total. The van der Waals surface area contributed by atoms with Crippen LogP contribution in [0.3, 0.4) is 0 Å². The van der Waals surface area contributed by atoms with Crippen molar-refractivity contribution in [3.63, 3.8) is 0 Å². The molecule has 1 aliphatic rings. The summed E-state index contributed by atoms with van der Waals surface area (Å²) in [5.74, 6) is -1.65. The maximum atomic E-state index is 12.3. The quantitative estimate of drug-likeness (QED) is 0.492. The molecule has 23 heavy (non-hydrogen) atoms. The van der Waals surface area contributed by atoms with Gasteiger partial charge in [0.25, 0.3) is 0 Å². The molecule has 4 amide bonds. The Balaban J connectivity index is 1.96. The molecule has 0 unspecified atom stereocenters. The van der Waals surface area contributed by atoms with Crippen molar-refractivity contribution >= 4 is 40.3 Å². The normalized spacial score (nSPS) is 15.4. The van der Waals surface area contributed by atoms with E-state index in [0.29, 0.717) is 5.56 Å². The van der Waals surface area contributed by atoms with Gasteiger partial charge in [0.05, 0.1) is 12.1 Å². The fourth-order valence-corrected chi connectivity index (χ4v) is 2.74. The van der Waals surface area contributed by atoms with Crippen LogP contribution >= 0.6 is 11.6 Å². The van der Waals surface area contributed by atoms with Gasteiger partial charge in [-0.1, -0.05) is 29.8 Å². The minimum atomic E-state index is -0.840. The number of imide groups is 2. The lowest BCUT2D eigenvalue weighted by atomic mass is 10.1. The predicted octanol–water partition coefficient (Wildman–Crippen LogP) is 2.59. The van der Waals surface area contributed by atoms with Crippen LogP contribution in [-0.4, -0.2) is 38.7 Å². The Morgan fingerprint density at radius 3 is 2.48 bits per heavy atom. The van der Waals surface area contributed by atoms with Crippen LogP contribution in [0.25, 0.3) is 10.9 Å². The van der Waals surface area contributed by atoms with E-state index in [2.05, 4.69) is 4.98 Å². The fourth-order valence-electron chi connectivity index (χ4n) is 2.53. The summed E-state index contributed by atoms with van der Waals surface area (Å²) in [5.41, 5.74) is 1.24. The Morgan fingerprint density at radius 2 is 1.83 bits per heavy atom. The van der Waals surface area contributed by atoms with E-state index < -0.39 is 17.8 Å². The second-order valence-corrected chi connectivity index (χ2v) is 5.93. The molecule has 0 spiro atoms. The summed E-state index contributed by atoms with van der Waals surface area (Å²) in [7, 11) is 0. The van der Waals surface area contributed by atoms with E-state index in [-0.39, 0.29) is 17.7 Å². The molecule has 0 atom stereocenters. The molecule has 2 aromatic rings. The van der Waals surface area contributed by atoms with Crippen molar-refractivity contribution in [1.29, 1.82) is 0 Å². The van der Waals surface area contributed by atoms with Gasteiger partial charge in [0.15, 0.2) is 0 Å². The topological polar surface area (TPSA) is 70.6 Å². The molecule has 2 heterocycles.